The van der Waals surface area contributed by atoms with E-state index >= 15 is 0 Å². The highest BCUT2D eigenvalue weighted by atomic mass is 35.5. The summed E-state index contributed by atoms with van der Waals surface area (Å²) in [5.41, 5.74) is 0.348. The Morgan fingerprint density at radius 2 is 2.29 bits per heavy atom. The molecule has 2 N–H and O–H groups in total. The highest BCUT2D eigenvalue weighted by molar-refractivity contribution is 8.00. The Hall–Kier alpha value is -0.470. The van der Waals surface area contributed by atoms with Crippen LogP contribution in [0, 0.1) is 0 Å². The summed E-state index contributed by atoms with van der Waals surface area (Å²) >= 11 is 7.70. The van der Waals surface area contributed by atoms with Gasteiger partial charge in [0.1, 0.15) is 10.6 Å². The largest absolute Gasteiger partial charge is 0.495 e. The monoisotopic (exact) mass is 351 g/mol. The maximum Gasteiger partial charge on any atom is 0.244 e. The molecule has 1 aromatic rings. The van der Waals surface area contributed by atoms with Crippen LogP contribution in [0.15, 0.2) is 17.0 Å². The lowest BCUT2D eigenvalue weighted by Gasteiger charge is -2.15. The van der Waals surface area contributed by atoms with Crippen molar-refractivity contribution in [3.05, 3.63) is 22.7 Å². The molecule has 1 heterocycles. The summed E-state index contributed by atoms with van der Waals surface area (Å²) in [4.78, 5) is -0.0375. The molecule has 0 saturated carbocycles. The quantitative estimate of drug-likeness (QED) is 0.820. The number of methoxy groups -OCH3 is 1. The van der Waals surface area contributed by atoms with Crippen LogP contribution in [0.4, 0.5) is 0 Å². The van der Waals surface area contributed by atoms with E-state index in [1.54, 1.807) is 11.8 Å². The third-order valence-electron chi connectivity index (χ3n) is 3.29. The first-order valence-corrected chi connectivity index (χ1v) is 9.47. The summed E-state index contributed by atoms with van der Waals surface area (Å²) in [7, 11) is -2.36. The molecule has 8 heteroatoms. The number of rotatable bonds is 6. The van der Waals surface area contributed by atoms with E-state index in [0.29, 0.717) is 17.4 Å². The molecule has 1 atom stereocenters. The van der Waals surface area contributed by atoms with Gasteiger partial charge < -0.3 is 9.84 Å². The number of thioether (sulfide) groups is 1. The second kappa shape index (κ2) is 7.19. The van der Waals surface area contributed by atoms with Crippen LogP contribution in [0.5, 0.6) is 5.75 Å². The van der Waals surface area contributed by atoms with E-state index in [1.165, 1.54) is 19.2 Å². The Bertz CT molecular complexity index is 600. The van der Waals surface area contributed by atoms with Gasteiger partial charge in [0.15, 0.2) is 0 Å². The third-order valence-corrected chi connectivity index (χ3v) is 6.33. The maximum absolute atomic E-state index is 12.4. The number of nitrogens with one attached hydrogen (secondary N) is 1. The van der Waals surface area contributed by atoms with Crippen molar-refractivity contribution >= 4 is 33.4 Å². The smallest absolute Gasteiger partial charge is 0.244 e. The first-order chi connectivity index (χ1) is 9.97. The Kier molecular flexibility index (Phi) is 5.79. The number of benzene rings is 1. The normalized spacial score (nSPS) is 18.9. The Morgan fingerprint density at radius 3 is 2.86 bits per heavy atom. The van der Waals surface area contributed by atoms with Gasteiger partial charge in [-0.2, -0.15) is 11.8 Å². The van der Waals surface area contributed by atoms with E-state index in [9.17, 15) is 13.5 Å². The summed E-state index contributed by atoms with van der Waals surface area (Å²) in [5, 5.41) is 9.86. The minimum absolute atomic E-state index is 0.0375. The average Bonchev–Trinajstić information content (AvgIpc) is 2.97. The van der Waals surface area contributed by atoms with Crippen LogP contribution < -0.4 is 9.46 Å². The molecule has 1 fully saturated rings. The fourth-order valence-corrected chi connectivity index (χ4v) is 5.19. The molecule has 1 unspecified atom stereocenters. The summed E-state index contributed by atoms with van der Waals surface area (Å²) in [6.45, 7) is 0.0435. The van der Waals surface area contributed by atoms with Gasteiger partial charge in [-0.15, -0.1) is 0 Å². The van der Waals surface area contributed by atoms with Gasteiger partial charge >= 0.3 is 0 Å². The van der Waals surface area contributed by atoms with Gasteiger partial charge in [0.05, 0.1) is 13.7 Å². The first-order valence-electron chi connectivity index (χ1n) is 6.56. The number of halogens is 1. The van der Waals surface area contributed by atoms with Gasteiger partial charge in [-0.3, -0.25) is 0 Å². The highest BCUT2D eigenvalue weighted by Crippen LogP contribution is 2.32. The van der Waals surface area contributed by atoms with Crippen LogP contribution in [-0.4, -0.2) is 38.2 Å². The lowest BCUT2D eigenvalue weighted by atomic mass is 10.2. The fraction of sp³-hybridized carbons (Fsp3) is 0.538. The van der Waals surface area contributed by atoms with Crippen molar-refractivity contribution in [2.75, 3.05) is 19.4 Å². The standard InChI is InChI=1S/C13H18ClNO4S2/c1-19-13-9(8-16)5-10(14)6-12(13)21(17,18)15-7-11-3-2-4-20-11/h5-6,11,15-16H,2-4,7-8H2,1H3. The molecule has 2 rings (SSSR count). The van der Waals surface area contributed by atoms with Gasteiger partial charge in [-0.1, -0.05) is 11.6 Å². The van der Waals surface area contributed by atoms with Crippen molar-refractivity contribution in [2.24, 2.45) is 0 Å². The van der Waals surface area contributed by atoms with E-state index in [0.717, 1.165) is 18.6 Å². The molecule has 1 aliphatic heterocycles. The van der Waals surface area contributed by atoms with Crippen LogP contribution in [0.1, 0.15) is 18.4 Å². The molecule has 1 aliphatic rings. The van der Waals surface area contributed by atoms with Crippen molar-refractivity contribution in [3.63, 3.8) is 0 Å². The second-order valence-electron chi connectivity index (χ2n) is 4.74. The van der Waals surface area contributed by atoms with Crippen LogP contribution in [-0.2, 0) is 16.6 Å². The SMILES string of the molecule is COc1c(CO)cc(Cl)cc1S(=O)(=O)NCC1CCCS1. The molecule has 118 valence electrons. The first kappa shape index (κ1) is 16.9. The van der Waals surface area contributed by atoms with E-state index in [1.807, 2.05) is 0 Å². The fourth-order valence-electron chi connectivity index (χ4n) is 2.26. The van der Waals surface area contributed by atoms with Crippen LogP contribution in [0.2, 0.25) is 5.02 Å². The van der Waals surface area contributed by atoms with Crippen LogP contribution in [0.3, 0.4) is 0 Å². The van der Waals surface area contributed by atoms with E-state index < -0.39 is 10.0 Å². The number of hydrogen-bond donors (Lipinski definition) is 2. The summed E-state index contributed by atoms with van der Waals surface area (Å²) < 4.78 is 32.6. The van der Waals surface area contributed by atoms with Crippen LogP contribution >= 0.6 is 23.4 Å². The lowest BCUT2D eigenvalue weighted by molar-refractivity contribution is 0.272. The predicted molar refractivity (Wildman–Crippen MR) is 84.6 cm³/mol. The zero-order valence-electron chi connectivity index (χ0n) is 11.6. The van der Waals surface area contributed by atoms with Crippen molar-refractivity contribution in [1.82, 2.24) is 4.72 Å². The molecule has 5 nitrogen and oxygen atoms in total. The topological polar surface area (TPSA) is 75.6 Å². The van der Waals surface area contributed by atoms with Gasteiger partial charge in [0.25, 0.3) is 0 Å². The van der Waals surface area contributed by atoms with Gasteiger partial charge in [0, 0.05) is 22.4 Å². The Labute approximate surface area is 134 Å². The third kappa shape index (κ3) is 4.04. The highest BCUT2D eigenvalue weighted by Gasteiger charge is 2.25. The maximum atomic E-state index is 12.4. The molecule has 0 amide bonds. The summed E-state index contributed by atoms with van der Waals surface area (Å²) in [6, 6.07) is 2.83. The van der Waals surface area contributed by atoms with Crippen molar-refractivity contribution < 1.29 is 18.3 Å². The minimum Gasteiger partial charge on any atom is -0.495 e. The molecule has 21 heavy (non-hydrogen) atoms. The number of ether oxygens (including phenoxy) is 1. The van der Waals surface area contributed by atoms with E-state index in [2.05, 4.69) is 4.72 Å². The second-order valence-corrected chi connectivity index (χ2v) is 8.32. The molecule has 0 spiro atoms. The average molecular weight is 352 g/mol. The molecule has 1 saturated heterocycles. The minimum atomic E-state index is -3.73. The predicted octanol–water partition coefficient (Wildman–Crippen LogP) is 2.01. The summed E-state index contributed by atoms with van der Waals surface area (Å²) in [6.07, 6.45) is 2.13. The van der Waals surface area contributed by atoms with E-state index in [-0.39, 0.29) is 22.3 Å². The molecule has 0 aromatic heterocycles. The molecule has 0 aliphatic carbocycles. The van der Waals surface area contributed by atoms with Crippen molar-refractivity contribution in [2.45, 2.75) is 29.6 Å². The number of sulfonamides is 1. The molecule has 1 aromatic carbocycles. The Morgan fingerprint density at radius 1 is 1.52 bits per heavy atom. The van der Waals surface area contributed by atoms with Gasteiger partial charge in [-0.05, 0) is 30.7 Å². The lowest BCUT2D eigenvalue weighted by Crippen LogP contribution is -2.30. The number of hydrogen-bond acceptors (Lipinski definition) is 5. The molecular formula is C13H18ClNO4S2. The molecule has 0 bridgehead atoms. The van der Waals surface area contributed by atoms with E-state index in [4.69, 9.17) is 16.3 Å². The van der Waals surface area contributed by atoms with Gasteiger partial charge in [-0.25, -0.2) is 13.1 Å². The summed E-state index contributed by atoms with van der Waals surface area (Å²) in [5.74, 6) is 1.20. The van der Waals surface area contributed by atoms with Crippen molar-refractivity contribution in [3.8, 4) is 5.75 Å². The zero-order valence-corrected chi connectivity index (χ0v) is 14.0. The van der Waals surface area contributed by atoms with Crippen molar-refractivity contribution in [1.29, 1.82) is 0 Å². The van der Waals surface area contributed by atoms with Gasteiger partial charge in [0.2, 0.25) is 10.0 Å². The Balaban J connectivity index is 2.27. The number of aliphatic hydroxyl groups excluding tert-OH is 1. The molecule has 0 radical (unpaired) electrons. The van der Waals surface area contributed by atoms with Crippen LogP contribution in [0.25, 0.3) is 0 Å². The number of aliphatic hydroxyl groups is 1. The molecular weight excluding hydrogens is 334 g/mol. The zero-order chi connectivity index (χ0) is 15.5.